The fourth-order valence-corrected chi connectivity index (χ4v) is 10.4. The summed E-state index contributed by atoms with van der Waals surface area (Å²) in [7, 11) is 0. The highest BCUT2D eigenvalue weighted by Crippen LogP contribution is 2.46. The van der Waals surface area contributed by atoms with Gasteiger partial charge >= 0.3 is 0 Å². The molecule has 0 amide bonds. The van der Waals surface area contributed by atoms with E-state index in [-0.39, 0.29) is 0 Å². The van der Waals surface area contributed by atoms with Crippen molar-refractivity contribution in [3.8, 4) is 85.0 Å². The van der Waals surface area contributed by atoms with E-state index < -0.39 is 0 Å². The lowest BCUT2D eigenvalue weighted by atomic mass is 9.96. The van der Waals surface area contributed by atoms with E-state index >= 15 is 0 Å². The molecule has 3 heterocycles. The lowest BCUT2D eigenvalue weighted by molar-refractivity contribution is 1.07. The predicted octanol–water partition coefficient (Wildman–Crippen LogP) is 17.0. The minimum atomic E-state index is 0.484. The molecule has 0 atom stereocenters. The van der Waals surface area contributed by atoms with E-state index in [1.54, 1.807) is 0 Å². The molecule has 0 radical (unpaired) electrons. The van der Waals surface area contributed by atoms with E-state index in [0.29, 0.717) is 34.4 Å². The molecule has 74 heavy (non-hydrogen) atoms. The van der Waals surface area contributed by atoms with E-state index in [1.165, 1.54) is 0 Å². The largest absolute Gasteiger partial charge is 0.310 e. The number of aromatic nitrogens is 5. The number of hydrogen-bond donors (Lipinski definition) is 0. The summed E-state index contributed by atoms with van der Waals surface area (Å²) in [6, 6.07) is 79.9. The Labute approximate surface area is 426 Å². The van der Waals surface area contributed by atoms with Gasteiger partial charge in [0.25, 0.3) is 0 Å². The Bertz CT molecular complexity index is 4430. The van der Waals surface area contributed by atoms with Crippen molar-refractivity contribution in [2.75, 3.05) is 0 Å². The zero-order valence-electron chi connectivity index (χ0n) is 39.5. The predicted molar refractivity (Wildman–Crippen MR) is 298 cm³/mol. The number of para-hydroxylation sites is 2. The van der Waals surface area contributed by atoms with Crippen LogP contribution < -0.4 is 0 Å². The minimum absolute atomic E-state index is 0.484. The summed E-state index contributed by atoms with van der Waals surface area (Å²) < 4.78 is 4.60. The van der Waals surface area contributed by atoms with Gasteiger partial charge in [-0.3, -0.25) is 0 Å². The number of nitriles is 1. The van der Waals surface area contributed by atoms with Crippen LogP contribution in [0.15, 0.2) is 231 Å². The third-order valence-electron chi connectivity index (χ3n) is 13.9. The quantitative estimate of drug-likeness (QED) is 0.142. The van der Waals surface area contributed by atoms with Crippen LogP contribution in [0, 0.1) is 24.5 Å². The van der Waals surface area contributed by atoms with Crippen LogP contribution in [0.1, 0.15) is 5.56 Å². The van der Waals surface area contributed by atoms with Gasteiger partial charge in [-0.25, -0.2) is 24.6 Å². The Hall–Kier alpha value is -10.7. The van der Waals surface area contributed by atoms with Gasteiger partial charge in [0.05, 0.1) is 52.5 Å². The molecule has 13 rings (SSSR count). The number of nitrogens with zero attached hydrogens (tertiary/aromatic N) is 8. The van der Waals surface area contributed by atoms with E-state index in [9.17, 15) is 5.26 Å². The maximum absolute atomic E-state index is 9.53. The number of fused-ring (bicyclic) bond motifs is 6. The summed E-state index contributed by atoms with van der Waals surface area (Å²) in [4.78, 5) is 23.3. The summed E-state index contributed by atoms with van der Waals surface area (Å²) in [6.45, 7) is 16.4. The number of benzene rings is 10. The monoisotopic (exact) mass is 942 g/mol. The van der Waals surface area contributed by atoms with Gasteiger partial charge in [0.1, 0.15) is 0 Å². The molecule has 0 unspecified atom stereocenters. The van der Waals surface area contributed by atoms with Crippen LogP contribution in [0.25, 0.3) is 132 Å². The smallest absolute Gasteiger partial charge is 0.197 e. The molecular formula is C66H38N8. The second-order valence-electron chi connectivity index (χ2n) is 18.1. The van der Waals surface area contributed by atoms with Crippen LogP contribution in [0.2, 0.25) is 0 Å². The SMILES string of the molecule is [C-]#[N+]c1ccc(-c2ccc3c(c2)c2ccccc2n3-c2ccc(-c3nc(-c4ccccc4)nc(-c4ccccc4)n3)cc2-c2c([N+]#[C-])cccc2-n2c3ccccc3c3cc(-c4ccc(C#N)cc4)ccc32)cc1. The van der Waals surface area contributed by atoms with Crippen LogP contribution in [0.3, 0.4) is 0 Å². The fraction of sp³-hybridized carbons (Fsp3) is 0. The second-order valence-corrected chi connectivity index (χ2v) is 18.1. The summed E-state index contributed by atoms with van der Waals surface area (Å²) in [5.74, 6) is 1.60. The number of hydrogen-bond acceptors (Lipinski definition) is 4. The fourth-order valence-electron chi connectivity index (χ4n) is 10.4. The van der Waals surface area contributed by atoms with Crippen molar-refractivity contribution < 1.29 is 0 Å². The van der Waals surface area contributed by atoms with Crippen molar-refractivity contribution in [1.29, 1.82) is 5.26 Å². The van der Waals surface area contributed by atoms with E-state index in [2.05, 4.69) is 134 Å². The Morgan fingerprint density at radius 2 is 0.838 bits per heavy atom. The molecule has 8 nitrogen and oxygen atoms in total. The first kappa shape index (κ1) is 43.3. The first-order valence-electron chi connectivity index (χ1n) is 24.1. The topological polar surface area (TPSA) is 81.0 Å². The molecule has 342 valence electrons. The van der Waals surface area contributed by atoms with Crippen molar-refractivity contribution in [3.63, 3.8) is 0 Å². The highest BCUT2D eigenvalue weighted by Gasteiger charge is 2.25. The Morgan fingerprint density at radius 3 is 1.38 bits per heavy atom. The van der Waals surface area contributed by atoms with Gasteiger partial charge in [-0.05, 0) is 101 Å². The zero-order chi connectivity index (χ0) is 49.7. The van der Waals surface area contributed by atoms with Gasteiger partial charge < -0.3 is 9.13 Å². The average Bonchev–Trinajstić information content (AvgIpc) is 3.99. The molecule has 0 aliphatic carbocycles. The van der Waals surface area contributed by atoms with Gasteiger partial charge in [-0.15, -0.1) is 0 Å². The highest BCUT2D eigenvalue weighted by atomic mass is 15.0. The summed E-state index contributed by atoms with van der Waals surface area (Å²) in [6.07, 6.45) is 0. The molecule has 0 aliphatic rings. The van der Waals surface area contributed by atoms with Crippen LogP contribution in [0.4, 0.5) is 11.4 Å². The zero-order valence-corrected chi connectivity index (χ0v) is 39.5. The van der Waals surface area contributed by atoms with Crippen LogP contribution in [0.5, 0.6) is 0 Å². The molecule has 0 spiro atoms. The normalized spacial score (nSPS) is 11.2. The molecule has 13 aromatic rings. The molecule has 0 aliphatic heterocycles. The Kier molecular flexibility index (Phi) is 10.5. The molecule has 0 saturated heterocycles. The lowest BCUT2D eigenvalue weighted by Gasteiger charge is -2.21. The van der Waals surface area contributed by atoms with Gasteiger partial charge in [0.2, 0.25) is 0 Å². The van der Waals surface area contributed by atoms with E-state index in [1.807, 2.05) is 121 Å². The molecule has 0 bridgehead atoms. The van der Waals surface area contributed by atoms with E-state index in [0.717, 1.165) is 105 Å². The molecular weight excluding hydrogens is 905 g/mol. The van der Waals surface area contributed by atoms with Gasteiger partial charge in [0.15, 0.2) is 28.8 Å². The molecule has 10 aromatic carbocycles. The summed E-state index contributed by atoms with van der Waals surface area (Å²) in [5.41, 5.74) is 15.5. The molecule has 0 fully saturated rings. The summed E-state index contributed by atoms with van der Waals surface area (Å²) >= 11 is 0. The van der Waals surface area contributed by atoms with Gasteiger partial charge in [-0.2, -0.15) is 5.26 Å². The van der Waals surface area contributed by atoms with Crippen molar-refractivity contribution in [1.82, 2.24) is 24.1 Å². The standard InChI is InChI=1S/C66H38N8/c1-68-50-33-28-44(29-34-50)48-30-35-59-53(39-48)51-18-9-11-21-57(51)73(59)61-37-32-49(66-71-64(45-14-5-3-6-15-45)70-65(72-66)46-16-7-4-8-17-46)40-55(61)63-56(69-2)20-13-23-62(63)74-58-22-12-10-19-52(58)54-38-47(31-36-60(54)74)43-26-24-42(41-67)25-27-43/h3-40H. The molecule has 0 saturated carbocycles. The maximum Gasteiger partial charge on any atom is 0.197 e. The van der Waals surface area contributed by atoms with Crippen LogP contribution >= 0.6 is 0 Å². The Morgan fingerprint density at radius 1 is 0.365 bits per heavy atom. The number of rotatable bonds is 8. The average molecular weight is 943 g/mol. The summed E-state index contributed by atoms with van der Waals surface area (Å²) in [5, 5.41) is 13.8. The van der Waals surface area contributed by atoms with Gasteiger partial charge in [0, 0.05) is 49.5 Å². The van der Waals surface area contributed by atoms with E-state index in [4.69, 9.17) is 28.1 Å². The molecule has 3 aromatic heterocycles. The van der Waals surface area contributed by atoms with Crippen molar-refractivity contribution in [3.05, 3.63) is 259 Å². The third-order valence-corrected chi connectivity index (χ3v) is 13.9. The molecule has 0 N–H and O–H groups in total. The molecule has 8 heteroatoms. The van der Waals surface area contributed by atoms with Crippen molar-refractivity contribution >= 4 is 55.0 Å². The van der Waals surface area contributed by atoms with Crippen molar-refractivity contribution in [2.45, 2.75) is 0 Å². The Balaban J connectivity index is 1.10. The van der Waals surface area contributed by atoms with Crippen molar-refractivity contribution in [2.24, 2.45) is 0 Å². The van der Waals surface area contributed by atoms with Gasteiger partial charge in [-0.1, -0.05) is 158 Å². The van der Waals surface area contributed by atoms with Crippen LogP contribution in [-0.4, -0.2) is 24.1 Å². The second kappa shape index (κ2) is 17.9. The third kappa shape index (κ3) is 7.33. The first-order chi connectivity index (χ1) is 36.5. The minimum Gasteiger partial charge on any atom is -0.310 e. The lowest BCUT2D eigenvalue weighted by Crippen LogP contribution is -2.04. The first-order valence-corrected chi connectivity index (χ1v) is 24.1. The highest BCUT2D eigenvalue weighted by molar-refractivity contribution is 6.13. The maximum atomic E-state index is 9.53. The van der Waals surface area contributed by atoms with Crippen LogP contribution in [-0.2, 0) is 0 Å².